The van der Waals surface area contributed by atoms with E-state index < -0.39 is 0 Å². The largest absolute Gasteiger partial charge is 0.330 e. The van der Waals surface area contributed by atoms with Gasteiger partial charge in [0, 0.05) is 18.7 Å². The Morgan fingerprint density at radius 1 is 1.21 bits per heavy atom. The molecule has 7 heteroatoms. The fourth-order valence-corrected chi connectivity index (χ4v) is 3.21. The molecule has 0 fully saturated rings. The number of fused-ring (bicyclic) bond motifs is 3. The van der Waals surface area contributed by atoms with E-state index in [1.54, 1.807) is 48.5 Å². The minimum Gasteiger partial charge on any atom is -0.330 e. The summed E-state index contributed by atoms with van der Waals surface area (Å²) in [6, 6.07) is 13.3. The summed E-state index contributed by atoms with van der Waals surface area (Å²) in [7, 11) is 0. The smallest absolute Gasteiger partial charge is 0.259 e. The van der Waals surface area contributed by atoms with E-state index >= 15 is 0 Å². The minimum absolute atomic E-state index is 0.0761. The van der Waals surface area contributed by atoms with Gasteiger partial charge in [-0.15, -0.1) is 6.58 Å². The second-order valence-electron chi connectivity index (χ2n) is 6.36. The predicted octanol–water partition coefficient (Wildman–Crippen LogP) is 3.14. The van der Waals surface area contributed by atoms with Crippen LogP contribution in [-0.4, -0.2) is 31.9 Å². The van der Waals surface area contributed by atoms with Crippen molar-refractivity contribution in [2.75, 3.05) is 6.54 Å². The second kappa shape index (κ2) is 7.11. The van der Waals surface area contributed by atoms with E-state index in [1.165, 1.54) is 21.7 Å². The lowest BCUT2D eigenvalue weighted by Gasteiger charge is -2.21. The van der Waals surface area contributed by atoms with Crippen molar-refractivity contribution in [3.8, 4) is 0 Å². The summed E-state index contributed by atoms with van der Waals surface area (Å²) in [4.78, 5) is 29.7. The topological polar surface area (TPSA) is 70.5 Å². The fraction of sp³-hybridized carbons (Fsp3) is 0.0952. The lowest BCUT2D eigenvalue weighted by Crippen LogP contribution is -2.31. The SMILES string of the molecule is C=CCN(Cc1ccccc1F)C(=O)c1cnn2c1[nH]c(=O)c1ccccc12. The maximum atomic E-state index is 14.0. The molecule has 0 spiro atoms. The summed E-state index contributed by atoms with van der Waals surface area (Å²) in [5, 5.41) is 4.75. The maximum absolute atomic E-state index is 14.0. The maximum Gasteiger partial charge on any atom is 0.259 e. The Morgan fingerprint density at radius 3 is 2.75 bits per heavy atom. The van der Waals surface area contributed by atoms with E-state index in [1.807, 2.05) is 0 Å². The van der Waals surface area contributed by atoms with Crippen LogP contribution in [-0.2, 0) is 6.54 Å². The zero-order valence-electron chi connectivity index (χ0n) is 14.9. The molecule has 0 aliphatic carbocycles. The highest BCUT2D eigenvalue weighted by Crippen LogP contribution is 2.18. The number of halogens is 1. The van der Waals surface area contributed by atoms with Gasteiger partial charge in [0.2, 0.25) is 0 Å². The lowest BCUT2D eigenvalue weighted by atomic mass is 10.1. The number of H-pyrrole nitrogens is 1. The number of para-hydroxylation sites is 1. The van der Waals surface area contributed by atoms with Crippen molar-refractivity contribution in [2.24, 2.45) is 0 Å². The van der Waals surface area contributed by atoms with Gasteiger partial charge in [-0.1, -0.05) is 36.4 Å². The number of hydrogen-bond acceptors (Lipinski definition) is 3. The first kappa shape index (κ1) is 17.7. The van der Waals surface area contributed by atoms with Crippen LogP contribution in [0, 0.1) is 5.82 Å². The van der Waals surface area contributed by atoms with E-state index in [0.717, 1.165) is 0 Å². The van der Waals surface area contributed by atoms with Crippen molar-refractivity contribution in [2.45, 2.75) is 6.54 Å². The molecule has 0 atom stereocenters. The first-order valence-corrected chi connectivity index (χ1v) is 8.72. The molecule has 0 radical (unpaired) electrons. The van der Waals surface area contributed by atoms with Crippen molar-refractivity contribution in [3.05, 3.63) is 94.7 Å². The number of hydrogen-bond donors (Lipinski definition) is 1. The average molecular weight is 376 g/mol. The summed E-state index contributed by atoms with van der Waals surface area (Å²) < 4.78 is 15.6. The van der Waals surface area contributed by atoms with E-state index in [2.05, 4.69) is 16.7 Å². The number of benzene rings is 2. The van der Waals surface area contributed by atoms with Crippen LogP contribution in [0.15, 0.2) is 72.2 Å². The molecule has 0 saturated heterocycles. The number of carbonyl (C=O) groups is 1. The van der Waals surface area contributed by atoms with Gasteiger partial charge in [0.1, 0.15) is 17.0 Å². The molecular formula is C21H17FN4O2. The molecule has 0 unspecified atom stereocenters. The van der Waals surface area contributed by atoms with Crippen molar-refractivity contribution >= 4 is 22.5 Å². The molecule has 6 nitrogen and oxygen atoms in total. The molecule has 0 aliphatic heterocycles. The summed E-state index contributed by atoms with van der Waals surface area (Å²) in [5.74, 6) is -0.757. The van der Waals surface area contributed by atoms with Crippen LogP contribution in [0.25, 0.3) is 16.6 Å². The van der Waals surface area contributed by atoms with E-state index in [9.17, 15) is 14.0 Å². The molecule has 0 saturated carbocycles. The van der Waals surface area contributed by atoms with Crippen LogP contribution in [0.2, 0.25) is 0 Å². The van der Waals surface area contributed by atoms with Crippen LogP contribution in [0.1, 0.15) is 15.9 Å². The summed E-state index contributed by atoms with van der Waals surface area (Å²) >= 11 is 0. The third kappa shape index (κ3) is 2.96. The molecule has 4 aromatic rings. The first-order chi connectivity index (χ1) is 13.6. The van der Waals surface area contributed by atoms with Gasteiger partial charge in [-0.25, -0.2) is 8.91 Å². The standard InChI is InChI=1S/C21H17FN4O2/c1-2-11-25(13-14-7-3-5-9-17(14)22)21(28)16-12-23-26-18-10-6-4-8-15(18)20(27)24-19(16)26/h2-10,12H,1,11,13H2,(H,24,27). The Morgan fingerprint density at radius 2 is 1.96 bits per heavy atom. The molecule has 4 rings (SSSR count). The number of amides is 1. The van der Waals surface area contributed by atoms with Gasteiger partial charge < -0.3 is 9.88 Å². The fourth-order valence-electron chi connectivity index (χ4n) is 3.21. The molecule has 2 aromatic carbocycles. The zero-order chi connectivity index (χ0) is 19.7. The molecular weight excluding hydrogens is 359 g/mol. The molecule has 0 bridgehead atoms. The van der Waals surface area contributed by atoms with Crippen molar-refractivity contribution in [1.82, 2.24) is 19.5 Å². The molecule has 1 N–H and O–H groups in total. The normalized spacial score (nSPS) is 11.0. The minimum atomic E-state index is -0.386. The monoisotopic (exact) mass is 376 g/mol. The van der Waals surface area contributed by atoms with E-state index in [4.69, 9.17) is 0 Å². The molecule has 1 amide bonds. The van der Waals surface area contributed by atoms with Crippen molar-refractivity contribution in [1.29, 1.82) is 0 Å². The van der Waals surface area contributed by atoms with Crippen LogP contribution in [0.3, 0.4) is 0 Å². The van der Waals surface area contributed by atoms with Crippen LogP contribution in [0.4, 0.5) is 4.39 Å². The summed E-state index contributed by atoms with van der Waals surface area (Å²) in [6.45, 7) is 3.98. The predicted molar refractivity (Wildman–Crippen MR) is 105 cm³/mol. The van der Waals surface area contributed by atoms with Crippen LogP contribution >= 0.6 is 0 Å². The summed E-state index contributed by atoms with van der Waals surface area (Å²) in [6.07, 6.45) is 2.99. The molecule has 28 heavy (non-hydrogen) atoms. The number of aromatic nitrogens is 3. The van der Waals surface area contributed by atoms with Gasteiger partial charge >= 0.3 is 0 Å². The number of nitrogens with zero attached hydrogens (tertiary/aromatic N) is 3. The molecule has 2 aromatic heterocycles. The van der Waals surface area contributed by atoms with Gasteiger partial charge in [0.05, 0.1) is 17.1 Å². The number of aromatic amines is 1. The highest BCUT2D eigenvalue weighted by Gasteiger charge is 2.22. The third-order valence-electron chi connectivity index (χ3n) is 4.56. The Hall–Kier alpha value is -3.74. The number of carbonyl (C=O) groups excluding carboxylic acids is 1. The number of nitrogens with one attached hydrogen (secondary N) is 1. The van der Waals surface area contributed by atoms with Crippen molar-refractivity contribution in [3.63, 3.8) is 0 Å². The van der Waals surface area contributed by atoms with E-state index in [0.29, 0.717) is 22.1 Å². The van der Waals surface area contributed by atoms with Gasteiger partial charge in [-0.2, -0.15) is 5.10 Å². The van der Waals surface area contributed by atoms with Crippen LogP contribution in [0.5, 0.6) is 0 Å². The van der Waals surface area contributed by atoms with Crippen molar-refractivity contribution < 1.29 is 9.18 Å². The van der Waals surface area contributed by atoms with Gasteiger partial charge in [0.25, 0.3) is 11.5 Å². The van der Waals surface area contributed by atoms with Gasteiger partial charge in [0.15, 0.2) is 0 Å². The Labute approximate surface area is 159 Å². The first-order valence-electron chi connectivity index (χ1n) is 8.72. The molecule has 0 aliphatic rings. The zero-order valence-corrected chi connectivity index (χ0v) is 14.9. The highest BCUT2D eigenvalue weighted by atomic mass is 19.1. The number of rotatable bonds is 5. The Balaban J connectivity index is 1.79. The third-order valence-corrected chi connectivity index (χ3v) is 4.56. The average Bonchev–Trinajstić information content (AvgIpc) is 3.13. The van der Waals surface area contributed by atoms with Gasteiger partial charge in [-0.3, -0.25) is 9.59 Å². The Kier molecular flexibility index (Phi) is 4.49. The Bertz CT molecular complexity index is 1260. The second-order valence-corrected chi connectivity index (χ2v) is 6.36. The molecule has 2 heterocycles. The van der Waals surface area contributed by atoms with Crippen LogP contribution < -0.4 is 5.56 Å². The highest BCUT2D eigenvalue weighted by molar-refractivity contribution is 6.00. The van der Waals surface area contributed by atoms with Gasteiger partial charge in [-0.05, 0) is 18.2 Å². The quantitative estimate of drug-likeness (QED) is 0.544. The molecule has 140 valence electrons. The summed E-state index contributed by atoms with van der Waals surface area (Å²) in [5.41, 5.74) is 1.23. The van der Waals surface area contributed by atoms with E-state index in [-0.39, 0.29) is 35.9 Å². The lowest BCUT2D eigenvalue weighted by molar-refractivity contribution is 0.0763.